The summed E-state index contributed by atoms with van der Waals surface area (Å²) in [7, 11) is 0. The summed E-state index contributed by atoms with van der Waals surface area (Å²) in [4.78, 5) is 27.0. The molecule has 3 nitrogen and oxygen atoms in total. The monoisotopic (exact) mass is 399 g/mol. The molecule has 0 aromatic heterocycles. The van der Waals surface area contributed by atoms with E-state index in [-0.39, 0.29) is 33.3 Å². The summed E-state index contributed by atoms with van der Waals surface area (Å²) >= 11 is 7.19. The number of carbonyl (C=O) groups is 2. The van der Waals surface area contributed by atoms with Crippen LogP contribution in [0.2, 0.25) is 0 Å². The van der Waals surface area contributed by atoms with E-state index in [9.17, 15) is 9.59 Å². The Hall–Kier alpha value is -0.680. The molecule has 2 amide bonds. The van der Waals surface area contributed by atoms with Gasteiger partial charge in [0, 0.05) is 9.65 Å². The van der Waals surface area contributed by atoms with E-state index in [1.165, 1.54) is 4.90 Å². The van der Waals surface area contributed by atoms with Crippen molar-refractivity contribution in [3.8, 4) is 0 Å². The highest BCUT2D eigenvalue weighted by Crippen LogP contribution is 2.44. The van der Waals surface area contributed by atoms with Gasteiger partial charge in [-0.05, 0) is 37.5 Å². The zero-order valence-electron chi connectivity index (χ0n) is 11.1. The molecule has 1 aromatic carbocycles. The minimum Gasteiger partial charge on any atom is -0.274 e. The van der Waals surface area contributed by atoms with Crippen LogP contribution in [0.25, 0.3) is 0 Å². The van der Waals surface area contributed by atoms with Gasteiger partial charge in [-0.2, -0.15) is 0 Å². The van der Waals surface area contributed by atoms with Crippen LogP contribution in [0.1, 0.15) is 18.4 Å². The Labute approximate surface area is 135 Å². The highest BCUT2D eigenvalue weighted by Gasteiger charge is 2.52. The first-order chi connectivity index (χ1) is 9.49. The number of fused-ring (bicyclic) bond motifs is 1. The Morgan fingerprint density at radius 3 is 2.10 bits per heavy atom. The van der Waals surface area contributed by atoms with E-state index in [1.54, 1.807) is 0 Å². The molecule has 1 heterocycles. The van der Waals surface area contributed by atoms with Gasteiger partial charge in [0.25, 0.3) is 0 Å². The third-order valence-corrected chi connectivity index (χ3v) is 6.90. The lowest BCUT2D eigenvalue weighted by Gasteiger charge is -2.29. The molecule has 106 valence electrons. The maximum Gasteiger partial charge on any atom is 0.237 e. The number of benzene rings is 1. The molecule has 1 saturated carbocycles. The van der Waals surface area contributed by atoms with Gasteiger partial charge in [0.15, 0.2) is 0 Å². The molecule has 2 fully saturated rings. The fraction of sp³-hybridized carbons (Fsp3) is 0.467. The zero-order chi connectivity index (χ0) is 14.4. The SMILES string of the molecule is Cc1cccc(N2C(=O)[C@H]3C[C@@H](Br)[C@H](Br)C[C@@H]3C2=O)c1. The number of amides is 2. The molecule has 1 aromatic rings. The van der Waals surface area contributed by atoms with Gasteiger partial charge in [0.1, 0.15) is 0 Å². The molecular weight excluding hydrogens is 386 g/mol. The van der Waals surface area contributed by atoms with Gasteiger partial charge < -0.3 is 0 Å². The van der Waals surface area contributed by atoms with Crippen molar-refractivity contribution in [1.82, 2.24) is 0 Å². The van der Waals surface area contributed by atoms with Gasteiger partial charge in [-0.15, -0.1) is 0 Å². The number of hydrogen-bond acceptors (Lipinski definition) is 2. The van der Waals surface area contributed by atoms with Crippen molar-refractivity contribution in [2.75, 3.05) is 4.90 Å². The Morgan fingerprint density at radius 2 is 1.60 bits per heavy atom. The van der Waals surface area contributed by atoms with Crippen LogP contribution in [0.3, 0.4) is 0 Å². The Morgan fingerprint density at radius 1 is 1.05 bits per heavy atom. The number of hydrogen-bond donors (Lipinski definition) is 0. The van der Waals surface area contributed by atoms with Crippen LogP contribution in [0.15, 0.2) is 24.3 Å². The normalized spacial score (nSPS) is 33.5. The lowest BCUT2D eigenvalue weighted by molar-refractivity contribution is -0.122. The standard InChI is InChI=1S/C15H15Br2NO2/c1-8-3-2-4-9(5-8)18-14(19)10-6-12(16)13(17)7-11(10)15(18)20/h2-5,10-13H,6-7H2,1H3/t10-,11-,12+,13+/m0/s1. The second-order valence-electron chi connectivity index (χ2n) is 5.57. The van der Waals surface area contributed by atoms with Gasteiger partial charge >= 0.3 is 0 Å². The largest absolute Gasteiger partial charge is 0.274 e. The molecule has 4 atom stereocenters. The van der Waals surface area contributed by atoms with Crippen molar-refractivity contribution >= 4 is 49.4 Å². The number of rotatable bonds is 1. The number of nitrogens with zero attached hydrogens (tertiary/aromatic N) is 1. The first-order valence-corrected chi connectivity index (χ1v) is 8.55. The van der Waals surface area contributed by atoms with Crippen LogP contribution in [-0.2, 0) is 9.59 Å². The second-order valence-corrected chi connectivity index (χ2v) is 7.92. The van der Waals surface area contributed by atoms with Crippen molar-refractivity contribution in [2.24, 2.45) is 11.8 Å². The molecule has 2 aliphatic rings. The zero-order valence-corrected chi connectivity index (χ0v) is 14.2. The third kappa shape index (κ3) is 2.25. The molecule has 0 spiro atoms. The van der Waals surface area contributed by atoms with E-state index in [2.05, 4.69) is 31.9 Å². The Balaban J connectivity index is 1.95. The molecule has 20 heavy (non-hydrogen) atoms. The summed E-state index contributed by atoms with van der Waals surface area (Å²) in [6.07, 6.45) is 1.43. The first kappa shape index (κ1) is 14.3. The highest BCUT2D eigenvalue weighted by atomic mass is 79.9. The first-order valence-electron chi connectivity index (χ1n) is 6.71. The third-order valence-electron chi connectivity index (χ3n) is 4.17. The number of halogens is 2. The number of alkyl halides is 2. The van der Waals surface area contributed by atoms with E-state index >= 15 is 0 Å². The van der Waals surface area contributed by atoms with Crippen molar-refractivity contribution in [3.05, 3.63) is 29.8 Å². The summed E-state index contributed by atoms with van der Waals surface area (Å²) in [5, 5.41) is 0. The van der Waals surface area contributed by atoms with Gasteiger partial charge in [0.05, 0.1) is 17.5 Å². The van der Waals surface area contributed by atoms with E-state index in [0.717, 1.165) is 5.56 Å². The lowest BCUT2D eigenvalue weighted by atomic mass is 9.81. The molecular formula is C15H15Br2NO2. The molecule has 3 rings (SSSR count). The smallest absolute Gasteiger partial charge is 0.237 e. The van der Waals surface area contributed by atoms with Crippen LogP contribution in [0, 0.1) is 18.8 Å². The summed E-state index contributed by atoms with van der Waals surface area (Å²) < 4.78 is 0. The Bertz CT molecular complexity index is 547. The fourth-order valence-corrected chi connectivity index (χ4v) is 4.35. The summed E-state index contributed by atoms with van der Waals surface area (Å²) in [5.41, 5.74) is 1.75. The number of anilines is 1. The van der Waals surface area contributed by atoms with Crippen molar-refractivity contribution in [3.63, 3.8) is 0 Å². The minimum absolute atomic E-state index is 0.0468. The molecule has 0 bridgehead atoms. The molecule has 1 aliphatic heterocycles. The quantitative estimate of drug-likeness (QED) is 0.535. The summed E-state index contributed by atoms with van der Waals surface area (Å²) in [6.45, 7) is 1.96. The molecule has 0 radical (unpaired) electrons. The van der Waals surface area contributed by atoms with Crippen molar-refractivity contribution < 1.29 is 9.59 Å². The summed E-state index contributed by atoms with van der Waals surface area (Å²) in [6, 6.07) is 7.57. The van der Waals surface area contributed by atoms with Crippen molar-refractivity contribution in [2.45, 2.75) is 29.4 Å². The lowest BCUT2D eigenvalue weighted by Crippen LogP contribution is -2.34. The minimum atomic E-state index is -0.179. The average Bonchev–Trinajstić information content (AvgIpc) is 2.63. The average molecular weight is 401 g/mol. The van der Waals surface area contributed by atoms with Gasteiger partial charge in [-0.25, -0.2) is 0 Å². The van der Waals surface area contributed by atoms with E-state index in [4.69, 9.17) is 0 Å². The fourth-order valence-electron chi connectivity index (χ4n) is 3.12. The topological polar surface area (TPSA) is 37.4 Å². The molecule has 0 unspecified atom stereocenters. The Kier molecular flexibility index (Phi) is 3.75. The maximum absolute atomic E-state index is 12.6. The van der Waals surface area contributed by atoms with Crippen LogP contribution in [0.4, 0.5) is 5.69 Å². The van der Waals surface area contributed by atoms with E-state index in [0.29, 0.717) is 18.5 Å². The number of imide groups is 1. The van der Waals surface area contributed by atoms with Crippen LogP contribution in [-0.4, -0.2) is 21.5 Å². The van der Waals surface area contributed by atoms with Crippen LogP contribution < -0.4 is 4.90 Å². The second kappa shape index (κ2) is 5.26. The molecule has 5 heteroatoms. The van der Waals surface area contributed by atoms with Crippen LogP contribution >= 0.6 is 31.9 Å². The van der Waals surface area contributed by atoms with Crippen molar-refractivity contribution in [1.29, 1.82) is 0 Å². The molecule has 1 saturated heterocycles. The highest BCUT2D eigenvalue weighted by molar-refractivity contribution is 9.12. The molecule has 0 N–H and O–H groups in total. The van der Waals surface area contributed by atoms with Crippen LogP contribution in [0.5, 0.6) is 0 Å². The predicted molar refractivity (Wildman–Crippen MR) is 85.3 cm³/mol. The summed E-state index contributed by atoms with van der Waals surface area (Å²) in [5.74, 6) is -0.453. The van der Waals surface area contributed by atoms with Gasteiger partial charge in [-0.1, -0.05) is 44.0 Å². The maximum atomic E-state index is 12.6. The number of aryl methyl sites for hydroxylation is 1. The van der Waals surface area contributed by atoms with E-state index < -0.39 is 0 Å². The van der Waals surface area contributed by atoms with Gasteiger partial charge in [-0.3, -0.25) is 14.5 Å². The van der Waals surface area contributed by atoms with Gasteiger partial charge in [0.2, 0.25) is 11.8 Å². The predicted octanol–water partition coefficient (Wildman–Crippen LogP) is 3.42. The molecule has 1 aliphatic carbocycles. The number of carbonyl (C=O) groups excluding carboxylic acids is 2. The van der Waals surface area contributed by atoms with E-state index in [1.807, 2.05) is 31.2 Å².